The van der Waals surface area contributed by atoms with Crippen LogP contribution in [0.15, 0.2) is 23.6 Å². The molecule has 1 aliphatic rings. The van der Waals surface area contributed by atoms with Crippen LogP contribution in [-0.2, 0) is 22.4 Å². The van der Waals surface area contributed by atoms with Crippen molar-refractivity contribution < 1.29 is 14.3 Å². The summed E-state index contributed by atoms with van der Waals surface area (Å²) in [6.45, 7) is 4.33. The number of hydrogen-bond acceptors (Lipinski definition) is 5. The Morgan fingerprint density at radius 3 is 2.92 bits per heavy atom. The molecule has 1 amide bonds. The van der Waals surface area contributed by atoms with Crippen LogP contribution in [0, 0.1) is 5.92 Å². The van der Waals surface area contributed by atoms with Gasteiger partial charge in [-0.3, -0.25) is 4.79 Å². The predicted octanol–water partition coefficient (Wildman–Crippen LogP) is 5.15. The molecule has 0 fully saturated rings. The molecule has 0 radical (unpaired) electrons. The summed E-state index contributed by atoms with van der Waals surface area (Å²) in [5.41, 5.74) is 1.62. The van der Waals surface area contributed by atoms with E-state index in [9.17, 15) is 9.59 Å². The van der Waals surface area contributed by atoms with Gasteiger partial charge in [0.1, 0.15) is 5.00 Å². The smallest absolute Gasteiger partial charge is 0.341 e. The van der Waals surface area contributed by atoms with Crippen molar-refractivity contribution in [3.8, 4) is 0 Å². The molecule has 2 heterocycles. The number of nitrogens with one attached hydrogen (secondary N) is 1. The Morgan fingerprint density at radius 2 is 2.23 bits per heavy atom. The largest absolute Gasteiger partial charge is 0.462 e. The molecule has 2 aromatic heterocycles. The topological polar surface area (TPSA) is 55.4 Å². The zero-order valence-corrected chi connectivity index (χ0v) is 16.7. The predicted molar refractivity (Wildman–Crippen MR) is 108 cm³/mol. The zero-order chi connectivity index (χ0) is 18.5. The minimum atomic E-state index is -0.336. The highest BCUT2D eigenvalue weighted by molar-refractivity contribution is 7.17. The minimum Gasteiger partial charge on any atom is -0.462 e. The molecule has 0 bridgehead atoms. The molecule has 3 rings (SSSR count). The molecule has 0 saturated heterocycles. The first-order valence-corrected chi connectivity index (χ1v) is 10.7. The first-order valence-electron chi connectivity index (χ1n) is 8.96. The number of ether oxygens (including phenoxy) is 1. The van der Waals surface area contributed by atoms with Gasteiger partial charge in [0.05, 0.1) is 12.2 Å². The van der Waals surface area contributed by atoms with Crippen molar-refractivity contribution in [2.75, 3.05) is 11.9 Å². The van der Waals surface area contributed by atoms with Crippen LogP contribution in [-0.4, -0.2) is 18.5 Å². The van der Waals surface area contributed by atoms with Crippen molar-refractivity contribution in [3.63, 3.8) is 0 Å². The number of amides is 1. The van der Waals surface area contributed by atoms with Gasteiger partial charge in [0.25, 0.3) is 0 Å². The van der Waals surface area contributed by atoms with Crippen LogP contribution in [0.5, 0.6) is 0 Å². The highest BCUT2D eigenvalue weighted by atomic mass is 32.1. The maximum Gasteiger partial charge on any atom is 0.341 e. The van der Waals surface area contributed by atoms with Gasteiger partial charge in [0.2, 0.25) is 5.91 Å². The number of carbonyl (C=O) groups excluding carboxylic acids is 2. The van der Waals surface area contributed by atoms with E-state index in [2.05, 4.69) is 12.2 Å². The molecule has 0 aromatic carbocycles. The van der Waals surface area contributed by atoms with Gasteiger partial charge in [-0.05, 0) is 55.2 Å². The number of carbonyl (C=O) groups is 2. The number of fused-ring (bicyclic) bond motifs is 1. The second-order valence-corrected chi connectivity index (χ2v) is 8.37. The van der Waals surface area contributed by atoms with E-state index in [0.29, 0.717) is 23.1 Å². The highest BCUT2D eigenvalue weighted by Gasteiger charge is 2.29. The Bertz CT molecular complexity index is 805. The van der Waals surface area contributed by atoms with Gasteiger partial charge in [-0.2, -0.15) is 0 Å². The van der Waals surface area contributed by atoms with Crippen molar-refractivity contribution >= 4 is 45.6 Å². The monoisotopic (exact) mass is 389 g/mol. The second-order valence-electron chi connectivity index (χ2n) is 6.28. The summed E-state index contributed by atoms with van der Waals surface area (Å²) in [6.07, 6.45) is 7.36. The maximum atomic E-state index is 12.5. The van der Waals surface area contributed by atoms with Gasteiger partial charge in [-0.1, -0.05) is 19.4 Å². The van der Waals surface area contributed by atoms with E-state index < -0.39 is 0 Å². The Labute approximate surface area is 161 Å². The third kappa shape index (κ3) is 4.24. The van der Waals surface area contributed by atoms with Crippen molar-refractivity contribution in [1.82, 2.24) is 0 Å². The molecule has 6 heteroatoms. The summed E-state index contributed by atoms with van der Waals surface area (Å²) >= 11 is 3.10. The van der Waals surface area contributed by atoms with Gasteiger partial charge >= 0.3 is 5.97 Å². The van der Waals surface area contributed by atoms with E-state index in [1.165, 1.54) is 22.3 Å². The summed E-state index contributed by atoms with van der Waals surface area (Å²) in [7, 11) is 0. The quantitative estimate of drug-likeness (QED) is 0.549. The number of rotatable bonds is 6. The minimum absolute atomic E-state index is 0.227. The third-order valence-electron chi connectivity index (χ3n) is 4.60. The Hall–Kier alpha value is -1.92. The average molecular weight is 390 g/mol. The zero-order valence-electron chi connectivity index (χ0n) is 15.0. The first-order chi connectivity index (χ1) is 12.6. The Morgan fingerprint density at radius 1 is 1.38 bits per heavy atom. The van der Waals surface area contributed by atoms with Gasteiger partial charge in [0.15, 0.2) is 0 Å². The molecular weight excluding hydrogens is 366 g/mol. The van der Waals surface area contributed by atoms with Crippen molar-refractivity contribution in [2.45, 2.75) is 39.5 Å². The Balaban J connectivity index is 1.84. The fourth-order valence-electron chi connectivity index (χ4n) is 3.21. The molecule has 1 aliphatic carbocycles. The third-order valence-corrected chi connectivity index (χ3v) is 6.61. The van der Waals surface area contributed by atoms with Gasteiger partial charge in [-0.25, -0.2) is 4.79 Å². The van der Waals surface area contributed by atoms with Gasteiger partial charge < -0.3 is 10.1 Å². The van der Waals surface area contributed by atoms with Crippen molar-refractivity contribution in [2.24, 2.45) is 5.92 Å². The van der Waals surface area contributed by atoms with Crippen LogP contribution in [0.3, 0.4) is 0 Å². The first kappa shape index (κ1) is 18.9. The molecular formula is C20H23NO3S2. The number of esters is 1. The van der Waals surface area contributed by atoms with E-state index in [-0.39, 0.29) is 11.9 Å². The average Bonchev–Trinajstić information content (AvgIpc) is 3.26. The number of thiophene rings is 2. The molecule has 1 N–H and O–H groups in total. The lowest BCUT2D eigenvalue weighted by molar-refractivity contribution is -0.111. The number of hydrogen-bond donors (Lipinski definition) is 1. The standard InChI is InChI=1S/C20H23NO3S2/c1-3-13-7-9-15-16(12-13)26-19(18(15)20(23)24-4-2)21-17(22)10-8-14-6-5-11-25-14/h5-6,8,10-11,13H,3-4,7,9,12H2,1-2H3,(H,21,22)/b10-8+/t13-/m0/s1. The van der Waals surface area contributed by atoms with Crippen LogP contribution in [0.1, 0.15) is 52.4 Å². The van der Waals surface area contributed by atoms with Crippen molar-refractivity contribution in [3.05, 3.63) is 44.5 Å². The summed E-state index contributed by atoms with van der Waals surface area (Å²) in [5.74, 6) is 0.0885. The molecule has 0 saturated carbocycles. The normalized spacial score (nSPS) is 16.5. The molecule has 4 nitrogen and oxygen atoms in total. The molecule has 1 atom stereocenters. The molecule has 2 aromatic rings. The second kappa shape index (κ2) is 8.64. The summed E-state index contributed by atoms with van der Waals surface area (Å²) < 4.78 is 5.25. The van der Waals surface area contributed by atoms with E-state index in [4.69, 9.17) is 4.74 Å². The van der Waals surface area contributed by atoms with Crippen molar-refractivity contribution in [1.29, 1.82) is 0 Å². The fourth-order valence-corrected chi connectivity index (χ4v) is 5.18. The van der Waals surface area contributed by atoms with E-state index in [0.717, 1.165) is 36.1 Å². The van der Waals surface area contributed by atoms with Crippen LogP contribution < -0.4 is 5.32 Å². The molecule has 0 spiro atoms. The van der Waals surface area contributed by atoms with Crippen LogP contribution in [0.2, 0.25) is 0 Å². The molecule has 138 valence electrons. The van der Waals surface area contributed by atoms with E-state index >= 15 is 0 Å². The molecule has 0 unspecified atom stereocenters. The van der Waals surface area contributed by atoms with Crippen LogP contribution >= 0.6 is 22.7 Å². The SMILES string of the molecule is CCOC(=O)c1c(NC(=O)/C=C/c2cccs2)sc2c1CC[C@H](CC)C2. The lowest BCUT2D eigenvalue weighted by atomic mass is 9.85. The molecule has 0 aliphatic heterocycles. The maximum absolute atomic E-state index is 12.5. The summed E-state index contributed by atoms with van der Waals surface area (Å²) in [4.78, 5) is 27.1. The summed E-state index contributed by atoms with van der Waals surface area (Å²) in [5, 5.41) is 5.48. The lowest BCUT2D eigenvalue weighted by Crippen LogP contribution is -2.16. The van der Waals surface area contributed by atoms with E-state index in [1.807, 2.05) is 17.5 Å². The van der Waals surface area contributed by atoms with Gasteiger partial charge in [0, 0.05) is 15.8 Å². The molecule has 26 heavy (non-hydrogen) atoms. The number of anilines is 1. The fraction of sp³-hybridized carbons (Fsp3) is 0.400. The van der Waals surface area contributed by atoms with Crippen LogP contribution in [0.25, 0.3) is 6.08 Å². The highest BCUT2D eigenvalue weighted by Crippen LogP contribution is 2.40. The summed E-state index contributed by atoms with van der Waals surface area (Å²) in [6, 6.07) is 3.89. The van der Waals surface area contributed by atoms with Crippen LogP contribution in [0.4, 0.5) is 5.00 Å². The lowest BCUT2D eigenvalue weighted by Gasteiger charge is -2.20. The van der Waals surface area contributed by atoms with Gasteiger partial charge in [-0.15, -0.1) is 22.7 Å². The Kier molecular flexibility index (Phi) is 6.27. The van der Waals surface area contributed by atoms with E-state index in [1.54, 1.807) is 24.3 Å².